The maximum atomic E-state index is 12.6. The van der Waals surface area contributed by atoms with Crippen LogP contribution in [0.1, 0.15) is 22.0 Å². The number of hydrogen-bond acceptors (Lipinski definition) is 4. The van der Waals surface area contributed by atoms with Crippen LogP contribution in [0.25, 0.3) is 0 Å². The third kappa shape index (κ3) is 5.22. The smallest absolute Gasteiger partial charge is 0.251 e. The summed E-state index contributed by atoms with van der Waals surface area (Å²) in [7, 11) is 3.74. The Labute approximate surface area is 165 Å². The fourth-order valence-electron chi connectivity index (χ4n) is 3.33. The van der Waals surface area contributed by atoms with Crippen LogP contribution in [-0.4, -0.2) is 62.6 Å². The molecule has 1 fully saturated rings. The second kappa shape index (κ2) is 9.22. The molecule has 0 aromatic heterocycles. The maximum absolute atomic E-state index is 12.6. The van der Waals surface area contributed by atoms with Crippen LogP contribution in [0.4, 0.5) is 0 Å². The third-order valence-corrected chi connectivity index (χ3v) is 5.27. The SMILES string of the molecule is COc1cccc(C(=O)NC[C@@H](c2ccc(Cl)cc2)N2CCN(C)CC2)c1. The molecule has 0 bridgehead atoms. The minimum Gasteiger partial charge on any atom is -0.497 e. The van der Waals surface area contributed by atoms with E-state index in [-0.39, 0.29) is 11.9 Å². The molecule has 1 atom stereocenters. The van der Waals surface area contributed by atoms with E-state index < -0.39 is 0 Å². The van der Waals surface area contributed by atoms with E-state index in [2.05, 4.69) is 22.2 Å². The van der Waals surface area contributed by atoms with Crippen LogP contribution in [0.5, 0.6) is 5.75 Å². The summed E-state index contributed by atoms with van der Waals surface area (Å²) in [6.45, 7) is 4.53. The highest BCUT2D eigenvalue weighted by Crippen LogP contribution is 2.23. The number of piperazine rings is 1. The molecule has 5 nitrogen and oxygen atoms in total. The summed E-state index contributed by atoms with van der Waals surface area (Å²) in [5, 5.41) is 3.81. The number of nitrogens with one attached hydrogen (secondary N) is 1. The van der Waals surface area contributed by atoms with Crippen molar-refractivity contribution in [2.24, 2.45) is 0 Å². The van der Waals surface area contributed by atoms with E-state index in [0.717, 1.165) is 36.8 Å². The standard InChI is InChI=1S/C21H26ClN3O2/c1-24-10-12-25(13-11-24)20(16-6-8-18(22)9-7-16)15-23-21(26)17-4-3-5-19(14-17)27-2/h3-9,14,20H,10-13,15H2,1-2H3,(H,23,26)/t20-/m0/s1. The molecule has 0 saturated carbocycles. The number of hydrogen-bond donors (Lipinski definition) is 1. The molecular weight excluding hydrogens is 362 g/mol. The van der Waals surface area contributed by atoms with Gasteiger partial charge in [-0.1, -0.05) is 29.8 Å². The van der Waals surface area contributed by atoms with E-state index >= 15 is 0 Å². The van der Waals surface area contributed by atoms with E-state index in [9.17, 15) is 4.79 Å². The van der Waals surface area contributed by atoms with Crippen LogP contribution in [0.3, 0.4) is 0 Å². The summed E-state index contributed by atoms with van der Waals surface area (Å²) in [4.78, 5) is 17.4. The van der Waals surface area contributed by atoms with Crippen molar-refractivity contribution in [2.45, 2.75) is 6.04 Å². The van der Waals surface area contributed by atoms with E-state index in [1.54, 1.807) is 19.2 Å². The molecule has 1 amide bonds. The van der Waals surface area contributed by atoms with Gasteiger partial charge in [0.1, 0.15) is 5.75 Å². The van der Waals surface area contributed by atoms with Gasteiger partial charge in [-0.3, -0.25) is 9.69 Å². The highest BCUT2D eigenvalue weighted by Gasteiger charge is 2.24. The van der Waals surface area contributed by atoms with Crippen molar-refractivity contribution < 1.29 is 9.53 Å². The quantitative estimate of drug-likeness (QED) is 0.827. The van der Waals surface area contributed by atoms with Crippen LogP contribution in [-0.2, 0) is 0 Å². The average molecular weight is 388 g/mol. The molecule has 1 aliphatic heterocycles. The first-order valence-electron chi connectivity index (χ1n) is 9.17. The minimum absolute atomic E-state index is 0.0954. The summed E-state index contributed by atoms with van der Waals surface area (Å²) in [6, 6.07) is 15.2. The molecule has 1 aliphatic rings. The fraction of sp³-hybridized carbons (Fsp3) is 0.381. The number of rotatable bonds is 6. The van der Waals surface area contributed by atoms with Gasteiger partial charge in [-0.2, -0.15) is 0 Å². The van der Waals surface area contributed by atoms with Crippen LogP contribution >= 0.6 is 11.6 Å². The van der Waals surface area contributed by atoms with Crippen molar-refractivity contribution in [1.82, 2.24) is 15.1 Å². The molecule has 2 aromatic rings. The lowest BCUT2D eigenvalue weighted by Gasteiger charge is -2.38. The third-order valence-electron chi connectivity index (χ3n) is 5.02. The van der Waals surface area contributed by atoms with Gasteiger partial charge >= 0.3 is 0 Å². The van der Waals surface area contributed by atoms with Crippen molar-refractivity contribution >= 4 is 17.5 Å². The van der Waals surface area contributed by atoms with Crippen molar-refractivity contribution in [2.75, 3.05) is 46.9 Å². The predicted molar refractivity (Wildman–Crippen MR) is 109 cm³/mol. The number of amides is 1. The Morgan fingerprint density at radius 1 is 1.15 bits per heavy atom. The molecule has 2 aromatic carbocycles. The molecule has 0 spiro atoms. The second-order valence-electron chi connectivity index (χ2n) is 6.85. The predicted octanol–water partition coefficient (Wildman–Crippen LogP) is 3.07. The first-order valence-corrected chi connectivity index (χ1v) is 9.55. The lowest BCUT2D eigenvalue weighted by atomic mass is 10.0. The average Bonchev–Trinajstić information content (AvgIpc) is 2.70. The van der Waals surface area contributed by atoms with Crippen molar-refractivity contribution in [3.63, 3.8) is 0 Å². The number of methoxy groups -OCH3 is 1. The van der Waals surface area contributed by atoms with Gasteiger partial charge in [-0.15, -0.1) is 0 Å². The molecule has 3 rings (SSSR count). The Kier molecular flexibility index (Phi) is 6.72. The van der Waals surface area contributed by atoms with Gasteiger partial charge in [-0.25, -0.2) is 0 Å². The van der Waals surface area contributed by atoms with Gasteiger partial charge in [0.15, 0.2) is 0 Å². The number of benzene rings is 2. The molecule has 0 aliphatic carbocycles. The molecule has 1 heterocycles. The Bertz CT molecular complexity index is 758. The van der Waals surface area contributed by atoms with E-state index in [1.165, 1.54) is 0 Å². The van der Waals surface area contributed by atoms with E-state index in [1.807, 2.05) is 36.4 Å². The number of carbonyl (C=O) groups excluding carboxylic acids is 1. The van der Waals surface area contributed by atoms with Gasteiger partial charge in [-0.05, 0) is 42.9 Å². The second-order valence-corrected chi connectivity index (χ2v) is 7.29. The summed E-state index contributed by atoms with van der Waals surface area (Å²) in [5.74, 6) is 0.581. The van der Waals surface area contributed by atoms with Crippen LogP contribution < -0.4 is 10.1 Å². The number of ether oxygens (including phenoxy) is 1. The lowest BCUT2D eigenvalue weighted by Crippen LogP contribution is -2.48. The molecule has 1 N–H and O–H groups in total. The Morgan fingerprint density at radius 3 is 2.52 bits per heavy atom. The number of halogens is 1. The maximum Gasteiger partial charge on any atom is 0.251 e. The zero-order valence-electron chi connectivity index (χ0n) is 15.8. The molecule has 0 radical (unpaired) electrons. The fourth-order valence-corrected chi connectivity index (χ4v) is 3.46. The highest BCUT2D eigenvalue weighted by atomic mass is 35.5. The summed E-state index contributed by atoms with van der Waals surface area (Å²) < 4.78 is 5.21. The minimum atomic E-state index is -0.0954. The first-order chi connectivity index (χ1) is 13.1. The normalized spacial score (nSPS) is 16.7. The summed E-state index contributed by atoms with van der Waals surface area (Å²) in [5.41, 5.74) is 1.76. The number of carbonyl (C=O) groups is 1. The highest BCUT2D eigenvalue weighted by molar-refractivity contribution is 6.30. The van der Waals surface area contributed by atoms with Gasteiger partial charge in [0.05, 0.1) is 13.2 Å². The summed E-state index contributed by atoms with van der Waals surface area (Å²) >= 11 is 6.06. The molecule has 1 saturated heterocycles. The van der Waals surface area contributed by atoms with Gasteiger partial charge < -0.3 is 15.0 Å². The van der Waals surface area contributed by atoms with Gasteiger partial charge in [0.25, 0.3) is 5.91 Å². The molecule has 144 valence electrons. The Balaban J connectivity index is 1.72. The first kappa shape index (κ1) is 19.7. The van der Waals surface area contributed by atoms with Crippen molar-refractivity contribution in [1.29, 1.82) is 0 Å². The van der Waals surface area contributed by atoms with Crippen LogP contribution in [0.15, 0.2) is 48.5 Å². The molecule has 6 heteroatoms. The zero-order chi connectivity index (χ0) is 19.2. The van der Waals surface area contributed by atoms with Crippen LogP contribution in [0.2, 0.25) is 5.02 Å². The molecular formula is C21H26ClN3O2. The Hall–Kier alpha value is -2.08. The zero-order valence-corrected chi connectivity index (χ0v) is 16.6. The molecule has 27 heavy (non-hydrogen) atoms. The largest absolute Gasteiger partial charge is 0.497 e. The topological polar surface area (TPSA) is 44.8 Å². The van der Waals surface area contributed by atoms with Crippen LogP contribution in [0, 0.1) is 0 Å². The van der Waals surface area contributed by atoms with E-state index in [4.69, 9.17) is 16.3 Å². The molecule has 0 unspecified atom stereocenters. The number of likely N-dealkylation sites (N-methyl/N-ethyl adjacent to an activating group) is 1. The van der Waals surface area contributed by atoms with E-state index in [0.29, 0.717) is 17.9 Å². The Morgan fingerprint density at radius 2 is 1.85 bits per heavy atom. The monoisotopic (exact) mass is 387 g/mol. The van der Waals surface area contributed by atoms with Gasteiger partial charge in [0.2, 0.25) is 0 Å². The lowest BCUT2D eigenvalue weighted by molar-refractivity contribution is 0.0886. The van der Waals surface area contributed by atoms with Crippen molar-refractivity contribution in [3.8, 4) is 5.75 Å². The van der Waals surface area contributed by atoms with Gasteiger partial charge in [0, 0.05) is 43.3 Å². The number of nitrogens with zero attached hydrogens (tertiary/aromatic N) is 2. The van der Waals surface area contributed by atoms with Crippen molar-refractivity contribution in [3.05, 3.63) is 64.7 Å². The summed E-state index contributed by atoms with van der Waals surface area (Å²) in [6.07, 6.45) is 0.